The maximum absolute atomic E-state index is 11.9. The van der Waals surface area contributed by atoms with E-state index < -0.39 is 18.4 Å². The Morgan fingerprint density at radius 1 is 1.56 bits per heavy atom. The fraction of sp³-hybridized carbons (Fsp3) is 0.727. The first-order valence-corrected chi connectivity index (χ1v) is 6.04. The topological polar surface area (TPSA) is 91.3 Å². The highest BCUT2D eigenvalue weighted by molar-refractivity contribution is 5.77. The van der Waals surface area contributed by atoms with Crippen LogP contribution >= 0.6 is 0 Å². The third kappa shape index (κ3) is 1.89. The van der Waals surface area contributed by atoms with E-state index >= 15 is 0 Å². The predicted molar refractivity (Wildman–Crippen MR) is 59.2 cm³/mol. The second-order valence-electron chi connectivity index (χ2n) is 4.68. The number of hydrogen-bond acceptors (Lipinski definition) is 5. The van der Waals surface area contributed by atoms with E-state index in [-0.39, 0.29) is 18.9 Å². The van der Waals surface area contributed by atoms with Crippen molar-refractivity contribution in [3.63, 3.8) is 0 Å². The molecule has 3 aliphatic rings. The van der Waals surface area contributed by atoms with Gasteiger partial charge in [0.2, 0.25) is 0 Å². The second-order valence-corrected chi connectivity index (χ2v) is 4.68. The fourth-order valence-electron chi connectivity index (χ4n) is 2.49. The van der Waals surface area contributed by atoms with Crippen LogP contribution in [0.2, 0.25) is 0 Å². The lowest BCUT2D eigenvalue weighted by molar-refractivity contribution is -0.0561. The molecule has 3 N–H and O–H groups in total. The number of amides is 2. The van der Waals surface area contributed by atoms with Crippen LogP contribution in [-0.2, 0) is 9.47 Å². The van der Waals surface area contributed by atoms with Crippen LogP contribution in [-0.4, -0.2) is 59.0 Å². The van der Waals surface area contributed by atoms with Gasteiger partial charge in [0.05, 0.1) is 19.3 Å². The van der Waals surface area contributed by atoms with Crippen LogP contribution in [0, 0.1) is 0 Å². The zero-order valence-electron chi connectivity index (χ0n) is 9.78. The lowest BCUT2D eigenvalue weighted by Crippen LogP contribution is -2.51. The van der Waals surface area contributed by atoms with Crippen molar-refractivity contribution in [3.05, 3.63) is 11.8 Å². The SMILES string of the molecule is O=C1NC2OCCC2=CN1[C@@H]1C[C@H](O)[C@@H](CO)O1. The van der Waals surface area contributed by atoms with Crippen molar-refractivity contribution in [2.24, 2.45) is 0 Å². The standard InChI is InChI=1S/C11H16N2O5/c14-5-8-7(15)3-9(18-8)13-4-6-1-2-17-10(6)12-11(13)16/h4,7-10,14-15H,1-3,5H2,(H,12,16)/t7-,8+,9-,10?/m0/s1. The third-order valence-corrected chi connectivity index (χ3v) is 3.50. The van der Waals surface area contributed by atoms with Gasteiger partial charge in [0.25, 0.3) is 0 Å². The Labute approximate surface area is 104 Å². The summed E-state index contributed by atoms with van der Waals surface area (Å²) in [5.41, 5.74) is 1.00. The highest BCUT2D eigenvalue weighted by Gasteiger charge is 2.41. The number of nitrogens with zero attached hydrogens (tertiary/aromatic N) is 1. The van der Waals surface area contributed by atoms with Crippen molar-refractivity contribution < 1.29 is 24.5 Å². The van der Waals surface area contributed by atoms with Gasteiger partial charge in [-0.15, -0.1) is 0 Å². The molecular weight excluding hydrogens is 240 g/mol. The minimum atomic E-state index is -0.747. The molecular formula is C11H16N2O5. The van der Waals surface area contributed by atoms with E-state index in [1.54, 1.807) is 6.20 Å². The highest BCUT2D eigenvalue weighted by atomic mass is 16.5. The largest absolute Gasteiger partial charge is 0.394 e. The molecule has 1 unspecified atom stereocenters. The number of aliphatic hydroxyl groups excluding tert-OH is 2. The van der Waals surface area contributed by atoms with Crippen LogP contribution in [0.25, 0.3) is 0 Å². The molecule has 100 valence electrons. The summed E-state index contributed by atoms with van der Waals surface area (Å²) >= 11 is 0. The van der Waals surface area contributed by atoms with Gasteiger partial charge in [0.15, 0.2) is 6.23 Å². The van der Waals surface area contributed by atoms with Crippen LogP contribution in [0.15, 0.2) is 11.8 Å². The van der Waals surface area contributed by atoms with Crippen molar-refractivity contribution in [3.8, 4) is 0 Å². The minimum absolute atomic E-state index is 0.255. The number of carbonyl (C=O) groups is 1. The molecule has 18 heavy (non-hydrogen) atoms. The number of carbonyl (C=O) groups excluding carboxylic acids is 1. The van der Waals surface area contributed by atoms with E-state index in [1.807, 2.05) is 0 Å². The van der Waals surface area contributed by atoms with E-state index in [0.29, 0.717) is 13.0 Å². The van der Waals surface area contributed by atoms with Gasteiger partial charge in [-0.05, 0) is 12.0 Å². The monoisotopic (exact) mass is 256 g/mol. The number of nitrogens with one attached hydrogen (secondary N) is 1. The average Bonchev–Trinajstić information content (AvgIpc) is 2.93. The maximum atomic E-state index is 11.9. The lowest BCUT2D eigenvalue weighted by atomic mass is 10.1. The number of hydrogen-bond donors (Lipinski definition) is 3. The second kappa shape index (κ2) is 4.51. The molecule has 7 heteroatoms. The minimum Gasteiger partial charge on any atom is -0.394 e. The molecule has 0 saturated carbocycles. The van der Waals surface area contributed by atoms with Gasteiger partial charge in [-0.25, -0.2) is 4.79 Å². The van der Waals surface area contributed by atoms with E-state index in [2.05, 4.69) is 5.32 Å². The van der Waals surface area contributed by atoms with Gasteiger partial charge >= 0.3 is 6.03 Å². The first-order valence-electron chi connectivity index (χ1n) is 6.04. The summed E-state index contributed by atoms with van der Waals surface area (Å²) in [7, 11) is 0. The molecule has 0 aliphatic carbocycles. The smallest absolute Gasteiger partial charge is 0.325 e. The third-order valence-electron chi connectivity index (χ3n) is 3.50. The molecule has 2 fully saturated rings. The first kappa shape index (κ1) is 11.9. The summed E-state index contributed by atoms with van der Waals surface area (Å²) in [6, 6.07) is -0.304. The Bertz CT molecular complexity index is 386. The number of aliphatic hydroxyl groups is 2. The molecule has 4 atom stereocenters. The van der Waals surface area contributed by atoms with E-state index in [0.717, 1.165) is 12.0 Å². The van der Waals surface area contributed by atoms with Gasteiger partial charge < -0.3 is 25.0 Å². The number of rotatable bonds is 2. The highest BCUT2D eigenvalue weighted by Crippen LogP contribution is 2.28. The first-order chi connectivity index (χ1) is 8.69. The van der Waals surface area contributed by atoms with Crippen LogP contribution in [0.1, 0.15) is 12.8 Å². The van der Waals surface area contributed by atoms with Crippen molar-refractivity contribution in [1.29, 1.82) is 0 Å². The Morgan fingerprint density at radius 3 is 3.11 bits per heavy atom. The van der Waals surface area contributed by atoms with Gasteiger partial charge in [0, 0.05) is 12.6 Å². The summed E-state index contributed by atoms with van der Waals surface area (Å²) in [5, 5.41) is 21.4. The van der Waals surface area contributed by atoms with E-state index in [1.165, 1.54) is 4.90 Å². The Morgan fingerprint density at radius 2 is 2.39 bits per heavy atom. The molecule has 3 heterocycles. The van der Waals surface area contributed by atoms with Gasteiger partial charge in [-0.2, -0.15) is 0 Å². The molecule has 0 bridgehead atoms. The van der Waals surface area contributed by atoms with Crippen LogP contribution < -0.4 is 5.32 Å². The summed E-state index contributed by atoms with van der Waals surface area (Å²) in [6.45, 7) is 0.341. The summed E-state index contributed by atoms with van der Waals surface area (Å²) in [6.07, 6.45) is 0.573. The molecule has 0 aromatic carbocycles. The van der Waals surface area contributed by atoms with Crippen LogP contribution in [0.4, 0.5) is 4.79 Å². The van der Waals surface area contributed by atoms with Crippen molar-refractivity contribution in [1.82, 2.24) is 10.2 Å². The van der Waals surface area contributed by atoms with Gasteiger partial charge in [-0.1, -0.05) is 0 Å². The van der Waals surface area contributed by atoms with Crippen molar-refractivity contribution in [2.75, 3.05) is 13.2 Å². The van der Waals surface area contributed by atoms with Gasteiger partial charge in [-0.3, -0.25) is 4.90 Å². The summed E-state index contributed by atoms with van der Waals surface area (Å²) in [4.78, 5) is 13.3. The molecule has 3 rings (SSSR count). The van der Waals surface area contributed by atoms with Crippen molar-refractivity contribution >= 4 is 6.03 Å². The fourth-order valence-corrected chi connectivity index (χ4v) is 2.49. The Kier molecular flexibility index (Phi) is 2.98. The lowest BCUT2D eigenvalue weighted by Gasteiger charge is -2.31. The van der Waals surface area contributed by atoms with Crippen LogP contribution in [0.5, 0.6) is 0 Å². The van der Waals surface area contributed by atoms with Crippen LogP contribution in [0.3, 0.4) is 0 Å². The molecule has 0 spiro atoms. The van der Waals surface area contributed by atoms with E-state index in [9.17, 15) is 9.90 Å². The molecule has 2 amide bonds. The molecule has 0 aromatic rings. The zero-order chi connectivity index (χ0) is 12.7. The quantitative estimate of drug-likeness (QED) is 0.596. The molecule has 3 aliphatic heterocycles. The molecule has 7 nitrogen and oxygen atoms in total. The Balaban J connectivity index is 1.76. The number of fused-ring (bicyclic) bond motifs is 1. The van der Waals surface area contributed by atoms with Gasteiger partial charge in [0.1, 0.15) is 12.3 Å². The average molecular weight is 256 g/mol. The number of urea groups is 1. The number of ether oxygens (including phenoxy) is 2. The molecule has 2 saturated heterocycles. The Hall–Kier alpha value is -1.15. The predicted octanol–water partition coefficient (Wildman–Crippen LogP) is -0.890. The zero-order valence-corrected chi connectivity index (χ0v) is 9.78. The summed E-state index contributed by atoms with van der Waals surface area (Å²) < 4.78 is 10.8. The van der Waals surface area contributed by atoms with Crippen molar-refractivity contribution in [2.45, 2.75) is 37.5 Å². The molecule has 0 radical (unpaired) electrons. The van der Waals surface area contributed by atoms with E-state index in [4.69, 9.17) is 14.6 Å². The maximum Gasteiger partial charge on any atom is 0.325 e. The normalized spacial score (nSPS) is 39.6. The molecule has 0 aromatic heterocycles. The summed E-state index contributed by atoms with van der Waals surface area (Å²) in [5.74, 6) is 0.